The summed E-state index contributed by atoms with van der Waals surface area (Å²) >= 11 is 0. The maximum absolute atomic E-state index is 13.8. The highest BCUT2D eigenvalue weighted by Gasteiger charge is 2.25. The number of hydrogen-bond donors (Lipinski definition) is 1. The number of benzene rings is 3. The molecule has 7 heteroatoms. The van der Waals surface area contributed by atoms with Crippen LogP contribution in [0.4, 0.5) is 5.69 Å². The molecule has 0 amide bonds. The SMILES string of the molecule is Cc1cc(C(=O)n2c(C)c(CC(=O)O)c3ccccc32)c(C)cc1OC[C@@H]1CN(C)c2ccccc2O1. The Bertz CT molecular complexity index is 1520. The van der Waals surface area contributed by atoms with E-state index < -0.39 is 5.97 Å². The van der Waals surface area contributed by atoms with Gasteiger partial charge in [0.15, 0.2) is 0 Å². The first kappa shape index (κ1) is 24.4. The number of carbonyl (C=O) groups excluding carboxylic acids is 1. The van der Waals surface area contributed by atoms with Gasteiger partial charge in [-0.3, -0.25) is 14.2 Å². The number of fused-ring (bicyclic) bond motifs is 2. The maximum Gasteiger partial charge on any atom is 0.307 e. The number of carbonyl (C=O) groups is 2. The highest BCUT2D eigenvalue weighted by atomic mass is 16.5. The maximum atomic E-state index is 13.8. The summed E-state index contributed by atoms with van der Waals surface area (Å²) in [5.74, 6) is 0.435. The third kappa shape index (κ3) is 4.53. The standard InChI is InChI=1S/C30H30N2O5/c1-18-14-28(36-17-21-16-31(4)26-11-7-8-12-27(26)37-21)19(2)13-23(18)30(35)32-20(3)24(15-29(33)34)22-9-5-6-10-25(22)32/h5-14,21H,15-17H2,1-4H3,(H,33,34)/t21-/m0/s1. The summed E-state index contributed by atoms with van der Waals surface area (Å²) < 4.78 is 13.9. The minimum atomic E-state index is -0.927. The van der Waals surface area contributed by atoms with Gasteiger partial charge in [-0.05, 0) is 67.8 Å². The lowest BCUT2D eigenvalue weighted by Gasteiger charge is -2.33. The van der Waals surface area contributed by atoms with Crippen LogP contribution in [0, 0.1) is 20.8 Å². The first-order valence-electron chi connectivity index (χ1n) is 12.3. The van der Waals surface area contributed by atoms with Gasteiger partial charge in [-0.25, -0.2) is 0 Å². The van der Waals surface area contributed by atoms with Crippen LogP contribution in [0.3, 0.4) is 0 Å². The second kappa shape index (κ2) is 9.65. The van der Waals surface area contributed by atoms with Crippen molar-refractivity contribution in [2.45, 2.75) is 33.3 Å². The van der Waals surface area contributed by atoms with Crippen molar-refractivity contribution < 1.29 is 24.2 Å². The van der Waals surface area contributed by atoms with Crippen LogP contribution in [-0.2, 0) is 11.2 Å². The molecule has 0 bridgehead atoms. The van der Waals surface area contributed by atoms with E-state index in [0.29, 0.717) is 41.2 Å². The second-order valence-electron chi connectivity index (χ2n) is 9.62. The summed E-state index contributed by atoms with van der Waals surface area (Å²) in [6, 6.07) is 19.1. The number of nitrogens with zero attached hydrogens (tertiary/aromatic N) is 2. The molecular formula is C30H30N2O5. The molecule has 0 aliphatic carbocycles. The molecule has 5 rings (SSSR count). The summed E-state index contributed by atoms with van der Waals surface area (Å²) in [7, 11) is 2.04. The van der Waals surface area contributed by atoms with Crippen LogP contribution in [0.5, 0.6) is 11.5 Å². The molecule has 0 unspecified atom stereocenters. The van der Waals surface area contributed by atoms with Crippen LogP contribution in [-0.4, -0.2) is 47.9 Å². The normalized spacial score (nSPS) is 14.8. The van der Waals surface area contributed by atoms with Gasteiger partial charge in [0.25, 0.3) is 5.91 Å². The van der Waals surface area contributed by atoms with Crippen LogP contribution in [0.2, 0.25) is 0 Å². The second-order valence-corrected chi connectivity index (χ2v) is 9.62. The predicted molar refractivity (Wildman–Crippen MR) is 143 cm³/mol. The highest BCUT2D eigenvalue weighted by Crippen LogP contribution is 2.33. The Labute approximate surface area is 215 Å². The molecule has 1 aliphatic heterocycles. The van der Waals surface area contributed by atoms with Crippen LogP contribution in [0.1, 0.15) is 32.7 Å². The van der Waals surface area contributed by atoms with E-state index in [9.17, 15) is 14.7 Å². The molecule has 37 heavy (non-hydrogen) atoms. The lowest BCUT2D eigenvalue weighted by Crippen LogP contribution is -2.41. The van der Waals surface area contributed by atoms with Gasteiger partial charge < -0.3 is 19.5 Å². The fourth-order valence-electron chi connectivity index (χ4n) is 5.13. The van der Waals surface area contributed by atoms with E-state index in [1.54, 1.807) is 11.5 Å². The lowest BCUT2D eigenvalue weighted by atomic mass is 10.0. The van der Waals surface area contributed by atoms with E-state index in [0.717, 1.165) is 28.0 Å². The van der Waals surface area contributed by atoms with Crippen molar-refractivity contribution in [3.05, 3.63) is 88.6 Å². The molecule has 0 radical (unpaired) electrons. The zero-order chi connectivity index (χ0) is 26.3. The van der Waals surface area contributed by atoms with Crippen molar-refractivity contribution in [2.75, 3.05) is 25.1 Å². The van der Waals surface area contributed by atoms with Crippen molar-refractivity contribution in [1.29, 1.82) is 0 Å². The van der Waals surface area contributed by atoms with E-state index in [2.05, 4.69) is 4.90 Å². The molecule has 1 aromatic heterocycles. The number of likely N-dealkylation sites (N-methyl/N-ethyl adjacent to an activating group) is 1. The number of rotatable bonds is 6. The van der Waals surface area contributed by atoms with Gasteiger partial charge >= 0.3 is 5.97 Å². The zero-order valence-corrected chi connectivity index (χ0v) is 21.4. The molecule has 190 valence electrons. The van der Waals surface area contributed by atoms with E-state index in [1.807, 2.05) is 81.6 Å². The summed E-state index contributed by atoms with van der Waals surface area (Å²) in [6.07, 6.45) is -0.261. The number of carboxylic acids is 1. The molecule has 1 N–H and O–H groups in total. The first-order valence-corrected chi connectivity index (χ1v) is 12.3. The van der Waals surface area contributed by atoms with Gasteiger partial charge in [0.2, 0.25) is 0 Å². The van der Waals surface area contributed by atoms with Crippen molar-refractivity contribution >= 4 is 28.5 Å². The Kier molecular flexibility index (Phi) is 6.38. The van der Waals surface area contributed by atoms with Gasteiger partial charge in [-0.2, -0.15) is 0 Å². The number of aryl methyl sites for hydroxylation is 2. The number of aromatic nitrogens is 1. The smallest absolute Gasteiger partial charge is 0.307 e. The molecule has 1 atom stereocenters. The highest BCUT2D eigenvalue weighted by molar-refractivity contribution is 6.05. The molecule has 7 nitrogen and oxygen atoms in total. The lowest BCUT2D eigenvalue weighted by molar-refractivity contribution is -0.136. The van der Waals surface area contributed by atoms with Crippen LogP contribution in [0.25, 0.3) is 10.9 Å². The minimum absolute atomic E-state index is 0.123. The molecular weight excluding hydrogens is 468 g/mol. The zero-order valence-electron chi connectivity index (χ0n) is 21.4. The minimum Gasteiger partial charge on any atom is -0.489 e. The average molecular weight is 499 g/mol. The monoisotopic (exact) mass is 498 g/mol. The van der Waals surface area contributed by atoms with Crippen molar-refractivity contribution in [1.82, 2.24) is 4.57 Å². The fraction of sp³-hybridized carbons (Fsp3) is 0.267. The summed E-state index contributed by atoms with van der Waals surface area (Å²) in [5.41, 5.74) is 5.26. The number of aliphatic carboxylic acids is 1. The van der Waals surface area contributed by atoms with Gasteiger partial charge in [0.05, 0.1) is 24.2 Å². The van der Waals surface area contributed by atoms with Crippen molar-refractivity contribution in [3.63, 3.8) is 0 Å². The Balaban J connectivity index is 1.40. The number of para-hydroxylation sites is 3. The van der Waals surface area contributed by atoms with Gasteiger partial charge in [-0.1, -0.05) is 30.3 Å². The fourth-order valence-corrected chi connectivity index (χ4v) is 5.13. The number of anilines is 1. The summed E-state index contributed by atoms with van der Waals surface area (Å²) in [4.78, 5) is 27.4. The van der Waals surface area contributed by atoms with E-state index in [-0.39, 0.29) is 18.4 Å². The van der Waals surface area contributed by atoms with Gasteiger partial charge in [0, 0.05) is 23.7 Å². The summed E-state index contributed by atoms with van der Waals surface area (Å²) in [5, 5.41) is 10.2. The number of ether oxygens (including phenoxy) is 2. The Morgan fingerprint density at radius 1 is 1.03 bits per heavy atom. The van der Waals surface area contributed by atoms with Gasteiger partial charge in [0.1, 0.15) is 24.2 Å². The van der Waals surface area contributed by atoms with E-state index >= 15 is 0 Å². The number of hydrogen-bond acceptors (Lipinski definition) is 5. The summed E-state index contributed by atoms with van der Waals surface area (Å²) in [6.45, 7) is 6.70. The number of carboxylic acid groups (broad SMARTS) is 1. The van der Waals surface area contributed by atoms with Crippen LogP contribution >= 0.6 is 0 Å². The van der Waals surface area contributed by atoms with Crippen LogP contribution < -0.4 is 14.4 Å². The van der Waals surface area contributed by atoms with Crippen molar-refractivity contribution in [3.8, 4) is 11.5 Å². The Morgan fingerprint density at radius 3 is 2.54 bits per heavy atom. The molecule has 2 heterocycles. The largest absolute Gasteiger partial charge is 0.489 e. The molecule has 0 saturated heterocycles. The molecule has 0 saturated carbocycles. The molecule has 4 aromatic rings. The topological polar surface area (TPSA) is 81.0 Å². The average Bonchev–Trinajstić information content (AvgIpc) is 3.14. The molecule has 3 aromatic carbocycles. The molecule has 1 aliphatic rings. The molecule has 0 fully saturated rings. The van der Waals surface area contributed by atoms with E-state index in [4.69, 9.17) is 9.47 Å². The molecule has 0 spiro atoms. The van der Waals surface area contributed by atoms with Gasteiger partial charge in [-0.15, -0.1) is 0 Å². The third-order valence-corrected chi connectivity index (χ3v) is 7.00. The third-order valence-electron chi connectivity index (χ3n) is 7.00. The predicted octanol–water partition coefficient (Wildman–Crippen LogP) is 5.16. The van der Waals surface area contributed by atoms with Crippen LogP contribution in [0.15, 0.2) is 60.7 Å². The Morgan fingerprint density at radius 2 is 1.76 bits per heavy atom. The first-order chi connectivity index (χ1) is 17.7. The Hall–Kier alpha value is -4.26. The van der Waals surface area contributed by atoms with E-state index in [1.165, 1.54) is 0 Å². The quantitative estimate of drug-likeness (QED) is 0.396. The van der Waals surface area contributed by atoms with Crippen molar-refractivity contribution in [2.24, 2.45) is 0 Å².